The molecule has 0 saturated carbocycles. The number of aryl methyl sites for hydroxylation is 1. The van der Waals surface area contributed by atoms with Crippen LogP contribution < -0.4 is 5.32 Å². The molecule has 0 fully saturated rings. The summed E-state index contributed by atoms with van der Waals surface area (Å²) in [5.41, 5.74) is 3.23. The number of hydrogen-bond donors (Lipinski definition) is 3. The Morgan fingerprint density at radius 3 is 2.37 bits per heavy atom. The van der Waals surface area contributed by atoms with Crippen molar-refractivity contribution in [3.63, 3.8) is 0 Å². The molecule has 100 valence electrons. The lowest BCUT2D eigenvalue weighted by Gasteiger charge is -2.15. The van der Waals surface area contributed by atoms with Crippen molar-refractivity contribution in [2.75, 3.05) is 0 Å². The van der Waals surface area contributed by atoms with Crippen LogP contribution in [0.3, 0.4) is 0 Å². The number of benzene rings is 2. The molecule has 2 rings (SSSR count). The third kappa shape index (κ3) is 3.48. The van der Waals surface area contributed by atoms with Gasteiger partial charge in [0.15, 0.2) is 0 Å². The Balaban J connectivity index is 2.00. The fraction of sp³-hybridized carbons (Fsp3) is 0.250. The molecule has 2 aromatic rings. The van der Waals surface area contributed by atoms with Crippen molar-refractivity contribution in [1.82, 2.24) is 5.32 Å². The monoisotopic (exact) mass is 257 g/mol. The van der Waals surface area contributed by atoms with Crippen LogP contribution in [0.4, 0.5) is 0 Å². The van der Waals surface area contributed by atoms with Gasteiger partial charge in [-0.1, -0.05) is 35.9 Å². The fourth-order valence-electron chi connectivity index (χ4n) is 1.94. The SMILES string of the molecule is Cc1ccc(C(C)NCc2ccc(O)cc2O)cc1. The predicted octanol–water partition coefficient (Wildman–Crippen LogP) is 3.26. The average Bonchev–Trinajstić information content (AvgIpc) is 2.38. The van der Waals surface area contributed by atoms with Gasteiger partial charge in [-0.2, -0.15) is 0 Å². The molecular weight excluding hydrogens is 238 g/mol. The first kappa shape index (κ1) is 13.4. The molecule has 1 unspecified atom stereocenters. The van der Waals surface area contributed by atoms with E-state index < -0.39 is 0 Å². The molecule has 0 aliphatic heterocycles. The highest BCUT2D eigenvalue weighted by Crippen LogP contribution is 2.23. The molecule has 0 radical (unpaired) electrons. The summed E-state index contributed by atoms with van der Waals surface area (Å²) in [6.45, 7) is 4.71. The van der Waals surface area contributed by atoms with Crippen LogP contribution in [0.15, 0.2) is 42.5 Å². The number of aromatic hydroxyl groups is 2. The maximum Gasteiger partial charge on any atom is 0.123 e. The van der Waals surface area contributed by atoms with E-state index in [1.54, 1.807) is 12.1 Å². The Bertz CT molecular complexity index is 549. The molecule has 0 aliphatic carbocycles. The van der Waals surface area contributed by atoms with Crippen molar-refractivity contribution in [3.05, 3.63) is 59.2 Å². The molecule has 0 heterocycles. The smallest absolute Gasteiger partial charge is 0.123 e. The van der Waals surface area contributed by atoms with Crippen LogP contribution in [0.1, 0.15) is 29.7 Å². The lowest BCUT2D eigenvalue weighted by Crippen LogP contribution is -2.18. The average molecular weight is 257 g/mol. The molecule has 1 atom stereocenters. The van der Waals surface area contributed by atoms with Crippen LogP contribution in [0.25, 0.3) is 0 Å². The highest BCUT2D eigenvalue weighted by Gasteiger charge is 2.07. The molecule has 2 aromatic carbocycles. The first-order chi connectivity index (χ1) is 9.06. The van der Waals surface area contributed by atoms with Gasteiger partial charge in [0, 0.05) is 24.2 Å². The van der Waals surface area contributed by atoms with E-state index in [9.17, 15) is 10.2 Å². The van der Waals surface area contributed by atoms with Crippen molar-refractivity contribution in [1.29, 1.82) is 0 Å². The van der Waals surface area contributed by atoms with Gasteiger partial charge in [0.1, 0.15) is 11.5 Å². The van der Waals surface area contributed by atoms with Crippen LogP contribution in [0, 0.1) is 6.92 Å². The fourth-order valence-corrected chi connectivity index (χ4v) is 1.94. The highest BCUT2D eigenvalue weighted by atomic mass is 16.3. The summed E-state index contributed by atoms with van der Waals surface area (Å²) in [4.78, 5) is 0. The Labute approximate surface area is 113 Å². The van der Waals surface area contributed by atoms with Gasteiger partial charge >= 0.3 is 0 Å². The molecule has 0 spiro atoms. The molecule has 0 aromatic heterocycles. The van der Waals surface area contributed by atoms with Crippen molar-refractivity contribution >= 4 is 0 Å². The van der Waals surface area contributed by atoms with E-state index in [0.29, 0.717) is 6.54 Å². The maximum absolute atomic E-state index is 9.71. The summed E-state index contributed by atoms with van der Waals surface area (Å²) in [7, 11) is 0. The van der Waals surface area contributed by atoms with E-state index in [0.717, 1.165) is 5.56 Å². The second kappa shape index (κ2) is 5.76. The molecule has 3 N–H and O–H groups in total. The number of rotatable bonds is 4. The second-order valence-electron chi connectivity index (χ2n) is 4.83. The number of nitrogens with one attached hydrogen (secondary N) is 1. The van der Waals surface area contributed by atoms with E-state index in [1.165, 1.54) is 17.2 Å². The maximum atomic E-state index is 9.71. The van der Waals surface area contributed by atoms with Crippen molar-refractivity contribution in [2.45, 2.75) is 26.4 Å². The number of hydrogen-bond acceptors (Lipinski definition) is 3. The van der Waals surface area contributed by atoms with Gasteiger partial charge in [-0.15, -0.1) is 0 Å². The van der Waals surface area contributed by atoms with Crippen molar-refractivity contribution in [2.24, 2.45) is 0 Å². The third-order valence-corrected chi connectivity index (χ3v) is 3.24. The standard InChI is InChI=1S/C16H19NO2/c1-11-3-5-13(6-4-11)12(2)17-10-14-7-8-15(18)9-16(14)19/h3-9,12,17-19H,10H2,1-2H3. The molecule has 3 nitrogen and oxygen atoms in total. The zero-order valence-electron chi connectivity index (χ0n) is 11.2. The van der Waals surface area contributed by atoms with E-state index in [-0.39, 0.29) is 17.5 Å². The lowest BCUT2D eigenvalue weighted by atomic mass is 10.1. The topological polar surface area (TPSA) is 52.5 Å². The van der Waals surface area contributed by atoms with Crippen LogP contribution in [-0.2, 0) is 6.54 Å². The molecule has 0 saturated heterocycles. The van der Waals surface area contributed by atoms with E-state index >= 15 is 0 Å². The summed E-state index contributed by atoms with van der Waals surface area (Å²) >= 11 is 0. The Hall–Kier alpha value is -2.00. The second-order valence-corrected chi connectivity index (χ2v) is 4.83. The Kier molecular flexibility index (Phi) is 4.07. The summed E-state index contributed by atoms with van der Waals surface area (Å²) in [6.07, 6.45) is 0. The van der Waals surface area contributed by atoms with Crippen molar-refractivity contribution in [3.8, 4) is 11.5 Å². The third-order valence-electron chi connectivity index (χ3n) is 3.24. The van der Waals surface area contributed by atoms with E-state index in [4.69, 9.17) is 0 Å². The van der Waals surface area contributed by atoms with Gasteiger partial charge in [0.2, 0.25) is 0 Å². The zero-order valence-corrected chi connectivity index (χ0v) is 11.2. The minimum atomic E-state index is 0.0767. The Morgan fingerprint density at radius 1 is 1.05 bits per heavy atom. The highest BCUT2D eigenvalue weighted by molar-refractivity contribution is 5.39. The first-order valence-electron chi connectivity index (χ1n) is 6.37. The number of phenolic OH excluding ortho intramolecular Hbond substituents is 2. The molecule has 0 aliphatic rings. The van der Waals surface area contributed by atoms with E-state index in [1.807, 2.05) is 0 Å². The Morgan fingerprint density at radius 2 is 1.74 bits per heavy atom. The quantitative estimate of drug-likeness (QED) is 0.788. The summed E-state index contributed by atoms with van der Waals surface area (Å²) in [5, 5.41) is 22.3. The molecule has 19 heavy (non-hydrogen) atoms. The largest absolute Gasteiger partial charge is 0.508 e. The molecule has 0 bridgehead atoms. The first-order valence-corrected chi connectivity index (χ1v) is 6.37. The van der Waals surface area contributed by atoms with Crippen molar-refractivity contribution < 1.29 is 10.2 Å². The van der Waals surface area contributed by atoms with Gasteiger partial charge in [0.25, 0.3) is 0 Å². The number of phenols is 2. The van der Waals surface area contributed by atoms with Gasteiger partial charge in [-0.05, 0) is 25.5 Å². The van der Waals surface area contributed by atoms with Gasteiger partial charge < -0.3 is 15.5 Å². The van der Waals surface area contributed by atoms with Crippen LogP contribution >= 0.6 is 0 Å². The molecule has 3 heteroatoms. The summed E-state index contributed by atoms with van der Waals surface area (Å²) in [6, 6.07) is 13.2. The van der Waals surface area contributed by atoms with Gasteiger partial charge in [-0.3, -0.25) is 0 Å². The van der Waals surface area contributed by atoms with E-state index in [2.05, 4.69) is 43.4 Å². The van der Waals surface area contributed by atoms with Crippen LogP contribution in [0.5, 0.6) is 11.5 Å². The normalized spacial score (nSPS) is 12.3. The predicted molar refractivity (Wildman–Crippen MR) is 76.2 cm³/mol. The van der Waals surface area contributed by atoms with Crippen LogP contribution in [0.2, 0.25) is 0 Å². The zero-order chi connectivity index (χ0) is 13.8. The summed E-state index contributed by atoms with van der Waals surface area (Å²) in [5.74, 6) is 0.191. The molecule has 0 amide bonds. The summed E-state index contributed by atoms with van der Waals surface area (Å²) < 4.78 is 0. The molecular formula is C16H19NO2. The van der Waals surface area contributed by atoms with Crippen LogP contribution in [-0.4, -0.2) is 10.2 Å². The van der Waals surface area contributed by atoms with Gasteiger partial charge in [0.05, 0.1) is 0 Å². The van der Waals surface area contributed by atoms with Gasteiger partial charge in [-0.25, -0.2) is 0 Å². The minimum Gasteiger partial charge on any atom is -0.508 e. The lowest BCUT2D eigenvalue weighted by molar-refractivity contribution is 0.441. The minimum absolute atomic E-state index is 0.0767.